The van der Waals surface area contributed by atoms with E-state index in [1.165, 1.54) is 9.80 Å². The molecule has 2 heterocycles. The summed E-state index contributed by atoms with van der Waals surface area (Å²) in [6.07, 6.45) is 3.81. The number of ether oxygens (including phenoxy) is 2. The number of imide groups is 2. The fourth-order valence-electron chi connectivity index (χ4n) is 7.45. The minimum absolute atomic E-state index is 0.351. The van der Waals surface area contributed by atoms with Crippen LogP contribution in [0.1, 0.15) is 5.56 Å². The van der Waals surface area contributed by atoms with E-state index < -0.39 is 35.0 Å². The molecule has 0 radical (unpaired) electrons. The zero-order valence-corrected chi connectivity index (χ0v) is 21.9. The number of carbonyl (C=O) groups excluding carboxylic acids is 4. The molecule has 8 heteroatoms. The molecule has 2 saturated heterocycles. The molecule has 5 aliphatic rings. The number of nitrogens with zero attached hydrogens (tertiary/aromatic N) is 2. The van der Waals surface area contributed by atoms with Crippen LogP contribution in [-0.2, 0) is 24.6 Å². The minimum atomic E-state index is -1.16. The molecule has 8 nitrogen and oxygen atoms in total. The zero-order valence-electron chi connectivity index (χ0n) is 21.9. The molecule has 0 N–H and O–H groups in total. The van der Waals surface area contributed by atoms with E-state index >= 15 is 0 Å². The first-order chi connectivity index (χ1) is 19.4. The molecule has 8 rings (SSSR count). The third-order valence-electron chi connectivity index (χ3n) is 9.09. The van der Waals surface area contributed by atoms with Gasteiger partial charge >= 0.3 is 0 Å². The summed E-state index contributed by atoms with van der Waals surface area (Å²) in [5, 5.41) is 0. The van der Waals surface area contributed by atoms with Gasteiger partial charge in [-0.05, 0) is 54.1 Å². The molecular weight excluding hydrogens is 508 g/mol. The van der Waals surface area contributed by atoms with Gasteiger partial charge in [0.1, 0.15) is 11.5 Å². The second kappa shape index (κ2) is 8.64. The van der Waals surface area contributed by atoms with E-state index in [-0.39, 0.29) is 23.6 Å². The van der Waals surface area contributed by atoms with Crippen molar-refractivity contribution in [3.63, 3.8) is 0 Å². The van der Waals surface area contributed by atoms with Gasteiger partial charge in [-0.2, -0.15) is 0 Å². The van der Waals surface area contributed by atoms with Crippen LogP contribution >= 0.6 is 0 Å². The van der Waals surface area contributed by atoms with E-state index in [2.05, 4.69) is 0 Å². The highest BCUT2D eigenvalue weighted by Crippen LogP contribution is 2.65. The number of hydrogen-bond acceptors (Lipinski definition) is 6. The SMILES string of the molecule is COc1ccc(N2C(=O)C3[C@H](C2=O)C2C=CC3(c3ccccc3)[C@H]3C(=O)N(c4ccc(OC)cc4)C(=O)[C@@H]23)cc1. The van der Waals surface area contributed by atoms with E-state index in [4.69, 9.17) is 9.47 Å². The van der Waals surface area contributed by atoms with E-state index in [1.807, 2.05) is 42.5 Å². The molecule has 200 valence electrons. The van der Waals surface area contributed by atoms with Gasteiger partial charge in [-0.3, -0.25) is 19.2 Å². The highest BCUT2D eigenvalue weighted by atomic mass is 16.5. The second-order valence-electron chi connectivity index (χ2n) is 10.7. The molecule has 3 fully saturated rings. The lowest BCUT2D eigenvalue weighted by molar-refractivity contribution is -0.140. The molecule has 1 saturated carbocycles. The van der Waals surface area contributed by atoms with Crippen LogP contribution in [-0.4, -0.2) is 37.8 Å². The number of allylic oxidation sites excluding steroid dienone is 2. The Bertz CT molecular complexity index is 1490. The predicted molar refractivity (Wildman–Crippen MR) is 146 cm³/mol. The van der Waals surface area contributed by atoms with Crippen molar-refractivity contribution in [2.24, 2.45) is 29.6 Å². The fraction of sp³-hybridized carbons (Fsp3) is 0.250. The van der Waals surface area contributed by atoms with Crippen LogP contribution in [0.5, 0.6) is 11.5 Å². The van der Waals surface area contributed by atoms with Crippen LogP contribution in [0.2, 0.25) is 0 Å². The average molecular weight is 535 g/mol. The Hall–Kier alpha value is -4.72. The van der Waals surface area contributed by atoms with Crippen LogP contribution in [0.15, 0.2) is 91.0 Å². The number of carbonyl (C=O) groups is 4. The van der Waals surface area contributed by atoms with Crippen molar-refractivity contribution < 1.29 is 28.7 Å². The summed E-state index contributed by atoms with van der Waals surface area (Å²) >= 11 is 0. The Kier molecular flexibility index (Phi) is 5.26. The van der Waals surface area contributed by atoms with Gasteiger partial charge in [0.2, 0.25) is 23.6 Å². The Balaban J connectivity index is 1.39. The normalized spacial score (nSPS) is 30.1. The number of methoxy groups -OCH3 is 2. The quantitative estimate of drug-likeness (QED) is 0.366. The van der Waals surface area contributed by atoms with E-state index in [1.54, 1.807) is 62.8 Å². The van der Waals surface area contributed by atoms with Crippen molar-refractivity contribution >= 4 is 35.0 Å². The van der Waals surface area contributed by atoms with Crippen molar-refractivity contribution in [3.8, 4) is 11.5 Å². The van der Waals surface area contributed by atoms with Crippen LogP contribution in [0, 0.1) is 29.6 Å². The van der Waals surface area contributed by atoms with Gasteiger partial charge in [0, 0.05) is 11.3 Å². The van der Waals surface area contributed by atoms with Gasteiger partial charge in [-0.15, -0.1) is 0 Å². The lowest BCUT2D eigenvalue weighted by Gasteiger charge is -2.53. The molecule has 3 aromatic rings. The Morgan fingerprint density at radius 3 is 1.48 bits per heavy atom. The predicted octanol–water partition coefficient (Wildman–Crippen LogP) is 3.75. The van der Waals surface area contributed by atoms with Crippen LogP contribution in [0.4, 0.5) is 11.4 Å². The summed E-state index contributed by atoms with van der Waals surface area (Å²) in [5.41, 5.74) is 0.462. The van der Waals surface area contributed by atoms with Crippen LogP contribution < -0.4 is 19.3 Å². The molecule has 3 aromatic carbocycles. The van der Waals surface area contributed by atoms with Gasteiger partial charge in [0.05, 0.1) is 49.3 Å². The highest BCUT2D eigenvalue weighted by Gasteiger charge is 2.75. The largest absolute Gasteiger partial charge is 0.497 e. The van der Waals surface area contributed by atoms with Crippen molar-refractivity contribution in [3.05, 3.63) is 96.6 Å². The number of hydrogen-bond donors (Lipinski definition) is 0. The average Bonchev–Trinajstić information content (AvgIpc) is 3.44. The summed E-state index contributed by atoms with van der Waals surface area (Å²) < 4.78 is 10.5. The first-order valence-corrected chi connectivity index (χ1v) is 13.2. The monoisotopic (exact) mass is 534 g/mol. The topological polar surface area (TPSA) is 93.2 Å². The molecular formula is C32H26N2O6. The van der Waals surface area contributed by atoms with Gasteiger partial charge in [-0.25, -0.2) is 9.80 Å². The van der Waals surface area contributed by atoms with Gasteiger partial charge in [0.15, 0.2) is 0 Å². The lowest BCUT2D eigenvalue weighted by Crippen LogP contribution is -2.60. The molecule has 2 aliphatic heterocycles. The molecule has 0 spiro atoms. The third kappa shape index (κ3) is 3.01. The number of benzene rings is 3. The van der Waals surface area contributed by atoms with Crippen LogP contribution in [0.25, 0.3) is 0 Å². The summed E-state index contributed by atoms with van der Waals surface area (Å²) in [4.78, 5) is 59.2. The number of anilines is 2. The maximum absolute atomic E-state index is 14.3. The number of amides is 4. The third-order valence-corrected chi connectivity index (χ3v) is 9.09. The molecule has 40 heavy (non-hydrogen) atoms. The maximum atomic E-state index is 14.3. The van der Waals surface area contributed by atoms with E-state index in [0.29, 0.717) is 22.9 Å². The fourth-order valence-corrected chi connectivity index (χ4v) is 7.45. The highest BCUT2D eigenvalue weighted by molar-refractivity contribution is 6.27. The van der Waals surface area contributed by atoms with Gasteiger partial charge < -0.3 is 9.47 Å². The molecule has 4 amide bonds. The van der Waals surface area contributed by atoms with Gasteiger partial charge in [0.25, 0.3) is 0 Å². The van der Waals surface area contributed by atoms with Crippen LogP contribution in [0.3, 0.4) is 0 Å². The number of rotatable bonds is 5. The Morgan fingerprint density at radius 2 is 1.05 bits per heavy atom. The maximum Gasteiger partial charge on any atom is 0.238 e. The van der Waals surface area contributed by atoms with Crippen molar-refractivity contribution in [2.75, 3.05) is 24.0 Å². The standard InChI is InChI=1S/C32H26N2O6/c1-39-21-12-8-19(9-13-21)33-28(35)24-23-16-17-32(26(24)30(33)37,18-6-4-3-5-7-18)27-25(23)29(36)34(31(27)38)20-10-14-22(40-2)15-11-20/h3-17,23-27H,1-2H3/t23?,24-,25+,26+,27?,32?/m0/s1. The molecule has 0 aromatic heterocycles. The smallest absolute Gasteiger partial charge is 0.238 e. The van der Waals surface area contributed by atoms with E-state index in [0.717, 1.165) is 5.56 Å². The Morgan fingerprint density at radius 1 is 0.600 bits per heavy atom. The van der Waals surface area contributed by atoms with Crippen molar-refractivity contribution in [1.29, 1.82) is 0 Å². The zero-order chi connectivity index (χ0) is 27.8. The van der Waals surface area contributed by atoms with Gasteiger partial charge in [-0.1, -0.05) is 42.5 Å². The Labute approximate surface area is 230 Å². The summed E-state index contributed by atoms with van der Waals surface area (Å²) in [5.74, 6) is -3.99. The summed E-state index contributed by atoms with van der Waals surface area (Å²) in [7, 11) is 3.09. The molecule has 3 unspecified atom stereocenters. The lowest BCUT2D eigenvalue weighted by atomic mass is 9.45. The van der Waals surface area contributed by atoms with Crippen molar-refractivity contribution in [2.45, 2.75) is 5.41 Å². The molecule has 6 atom stereocenters. The van der Waals surface area contributed by atoms with Crippen molar-refractivity contribution in [1.82, 2.24) is 0 Å². The summed E-state index contributed by atoms with van der Waals surface area (Å²) in [6.45, 7) is 0. The van der Waals surface area contributed by atoms with E-state index in [9.17, 15) is 19.2 Å². The molecule has 2 bridgehead atoms. The summed E-state index contributed by atoms with van der Waals surface area (Å²) in [6, 6.07) is 22.9. The molecule has 3 aliphatic carbocycles. The first kappa shape index (κ1) is 24.3. The minimum Gasteiger partial charge on any atom is -0.497 e. The second-order valence-corrected chi connectivity index (χ2v) is 10.7. The first-order valence-electron chi connectivity index (χ1n) is 13.2.